The Morgan fingerprint density at radius 1 is 0.905 bits per heavy atom. The van der Waals surface area contributed by atoms with Crippen molar-refractivity contribution in [2.75, 3.05) is 30.3 Å². The highest BCUT2D eigenvalue weighted by atomic mass is 32.2. The molecule has 25 nitrogen and oxygen atoms in total. The third-order valence-electron chi connectivity index (χ3n) is 13.2. The number of anilines is 2. The van der Waals surface area contributed by atoms with Gasteiger partial charge in [0.1, 0.15) is 54.6 Å². The van der Waals surface area contributed by atoms with Crippen molar-refractivity contribution in [3.8, 4) is 5.75 Å². The highest BCUT2D eigenvalue weighted by molar-refractivity contribution is 7.84. The van der Waals surface area contributed by atoms with Gasteiger partial charge in [-0.25, -0.2) is 24.7 Å². The molecule has 2 fully saturated rings. The van der Waals surface area contributed by atoms with Crippen LogP contribution < -0.4 is 25.8 Å². The first-order valence-corrected chi connectivity index (χ1v) is 25.4. The molecule has 4 aliphatic rings. The largest absolute Gasteiger partial charge is 0.508 e. The van der Waals surface area contributed by atoms with Crippen LogP contribution >= 0.6 is 0 Å². The number of imide groups is 1. The second-order valence-electron chi connectivity index (χ2n) is 18.3. The van der Waals surface area contributed by atoms with Gasteiger partial charge in [-0.2, -0.15) is 8.42 Å². The summed E-state index contributed by atoms with van der Waals surface area (Å²) in [5, 5.41) is 55.5. The summed E-state index contributed by atoms with van der Waals surface area (Å²) in [7, 11) is -4.37. The molecule has 0 bridgehead atoms. The molecule has 9 N–H and O–H groups in total. The van der Waals surface area contributed by atoms with Gasteiger partial charge in [0.15, 0.2) is 6.10 Å². The Hall–Kier alpha value is -7.07. The van der Waals surface area contributed by atoms with Gasteiger partial charge in [0.25, 0.3) is 11.8 Å². The summed E-state index contributed by atoms with van der Waals surface area (Å²) in [5.74, 6) is -3.65. The number of carbonyl (C=O) groups is 6. The molecule has 396 valence electrons. The molecule has 2 aliphatic heterocycles. The molecule has 2 aliphatic carbocycles. The van der Waals surface area contributed by atoms with E-state index in [9.17, 15) is 57.6 Å². The number of fused-ring (bicyclic) bond motifs is 2. The first-order valence-electron chi connectivity index (χ1n) is 23.9. The van der Waals surface area contributed by atoms with Gasteiger partial charge < -0.3 is 59.9 Å². The zero-order valence-corrected chi connectivity index (χ0v) is 40.5. The number of nitrogens with zero attached hydrogens (tertiary/aromatic N) is 4. The minimum absolute atomic E-state index is 0.0537. The van der Waals surface area contributed by atoms with Crippen LogP contribution in [0.25, 0.3) is 11.0 Å². The number of rotatable bonds is 22. The molecule has 26 heteroatoms. The molecule has 4 heterocycles. The molecule has 4 amide bonds. The summed E-state index contributed by atoms with van der Waals surface area (Å²) < 4.78 is 52.9. The molecular weight excluding hydrogens is 993 g/mol. The molecule has 9 atom stereocenters. The number of carboxylic acids is 1. The fraction of sp³-hybridized carbons (Fsp3) is 0.458. The maximum Gasteiger partial charge on any atom is 0.508 e. The lowest BCUT2D eigenvalue weighted by molar-refractivity contribution is -0.271. The van der Waals surface area contributed by atoms with Crippen molar-refractivity contribution in [1.29, 1.82) is 0 Å². The lowest BCUT2D eigenvalue weighted by Gasteiger charge is -2.38. The SMILES string of the molecule is NS(=O)(=O)OC[C@@H]1C[C@@H](n2ccc3c(N[C@H]4CCc5ccccc54)ncnc32)C[C@H]1OC(=O)OCc1ccc(O[C@@H]2O[C@H](C(=O)O)[C@@H](O)[C@H](O)[C@H]2O)c(NC(=O)CCNC(=O)CCCCCN2C(=O)C=CC2=O)c1. The standard InChI is InChI=1S/C48H56N8O17S/c49-74(67,68)70-24-28-21-29(55-19-16-31-44(51-25-52-45(31)55)54-32-11-10-27-6-3-4-7-30(27)32)22-35(28)72-48(66)69-23-26-9-12-34(71-47-42(63)40(61)41(62)43(73-47)46(64)65)33(20-26)53-37(58)15-17-50-36(57)8-2-1-5-18-56-38(59)13-14-39(56)60/h3-4,6-7,9,12-14,16,19-20,25,28-29,32,35,40-43,47,61-63H,1-2,5,8,10-11,15,17-18,21-24H2,(H,50,57)(H,53,58)(H,64,65)(H2,49,67,68)(H,51,52,54)/t28-,29+,32-,35+,40-,41-,42+,43-,47+/m0/s1. The lowest BCUT2D eigenvalue weighted by atomic mass is 9.99. The number of aryl methyl sites for hydroxylation is 1. The molecule has 0 unspecified atom stereocenters. The number of hydrogen-bond donors (Lipinski definition) is 8. The summed E-state index contributed by atoms with van der Waals surface area (Å²) in [5.41, 5.74) is 3.22. The number of nitrogens with two attached hydrogens (primary N) is 1. The number of benzene rings is 2. The average molecular weight is 1050 g/mol. The monoisotopic (exact) mass is 1050 g/mol. The van der Waals surface area contributed by atoms with Crippen molar-refractivity contribution >= 4 is 68.6 Å². The highest BCUT2D eigenvalue weighted by Gasteiger charge is 2.48. The molecule has 0 spiro atoms. The van der Waals surface area contributed by atoms with Crippen LogP contribution in [0.5, 0.6) is 5.75 Å². The highest BCUT2D eigenvalue weighted by Crippen LogP contribution is 2.41. The number of aliphatic hydroxyl groups is 3. The lowest BCUT2D eigenvalue weighted by Crippen LogP contribution is -2.61. The van der Waals surface area contributed by atoms with E-state index in [1.165, 1.54) is 47.8 Å². The van der Waals surface area contributed by atoms with Crippen LogP contribution in [0.2, 0.25) is 0 Å². The van der Waals surface area contributed by atoms with E-state index in [0.29, 0.717) is 37.1 Å². The van der Waals surface area contributed by atoms with E-state index in [2.05, 4.69) is 38.1 Å². The quantitative estimate of drug-likeness (QED) is 0.0315. The zero-order valence-electron chi connectivity index (χ0n) is 39.7. The van der Waals surface area contributed by atoms with Crippen LogP contribution in [0, 0.1) is 5.92 Å². The molecule has 2 aromatic carbocycles. The third kappa shape index (κ3) is 13.0. The van der Waals surface area contributed by atoms with Crippen LogP contribution in [0.3, 0.4) is 0 Å². The first kappa shape index (κ1) is 53.2. The van der Waals surface area contributed by atoms with E-state index < -0.39 is 84.3 Å². The van der Waals surface area contributed by atoms with Gasteiger partial charge in [0, 0.05) is 62.7 Å². The second kappa shape index (κ2) is 23.4. The number of aliphatic carboxylic acids is 1. The van der Waals surface area contributed by atoms with Gasteiger partial charge >= 0.3 is 22.4 Å². The van der Waals surface area contributed by atoms with Crippen molar-refractivity contribution in [2.45, 2.75) is 113 Å². The number of ether oxygens (including phenoxy) is 4. The maximum absolute atomic E-state index is 13.4. The van der Waals surface area contributed by atoms with E-state index in [1.54, 1.807) is 0 Å². The van der Waals surface area contributed by atoms with E-state index >= 15 is 0 Å². The van der Waals surface area contributed by atoms with Gasteiger partial charge in [-0.05, 0) is 67.0 Å². The molecule has 2 aromatic heterocycles. The number of nitrogens with one attached hydrogen (secondary N) is 3. The van der Waals surface area contributed by atoms with E-state index in [0.717, 1.165) is 23.1 Å². The van der Waals surface area contributed by atoms with Gasteiger partial charge in [-0.1, -0.05) is 36.8 Å². The predicted molar refractivity (Wildman–Crippen MR) is 257 cm³/mol. The molecular formula is C48H56N8O17S. The van der Waals surface area contributed by atoms with Crippen molar-refractivity contribution in [3.05, 3.63) is 89.9 Å². The Kier molecular flexibility index (Phi) is 16.8. The van der Waals surface area contributed by atoms with Gasteiger partial charge in [0.2, 0.25) is 18.1 Å². The molecule has 74 heavy (non-hydrogen) atoms. The zero-order chi connectivity index (χ0) is 52.7. The second-order valence-corrected chi connectivity index (χ2v) is 19.5. The summed E-state index contributed by atoms with van der Waals surface area (Å²) in [4.78, 5) is 84.6. The van der Waals surface area contributed by atoms with Gasteiger partial charge in [-0.3, -0.25) is 28.3 Å². The number of hydrogen-bond acceptors (Lipinski definition) is 19. The molecule has 8 rings (SSSR count). The number of aromatic nitrogens is 3. The van der Waals surface area contributed by atoms with Crippen LogP contribution in [-0.2, 0) is 65.7 Å². The van der Waals surface area contributed by atoms with Crippen LogP contribution in [0.4, 0.5) is 16.3 Å². The van der Waals surface area contributed by atoms with Crippen molar-refractivity contribution < 1.29 is 80.7 Å². The van der Waals surface area contributed by atoms with Gasteiger partial charge in [0.05, 0.1) is 23.7 Å². The van der Waals surface area contributed by atoms with E-state index in [1.807, 2.05) is 29.0 Å². The summed E-state index contributed by atoms with van der Waals surface area (Å²) in [6.07, 6.45) is -2.48. The Morgan fingerprint density at radius 3 is 2.46 bits per heavy atom. The summed E-state index contributed by atoms with van der Waals surface area (Å²) >= 11 is 0. The van der Waals surface area contributed by atoms with Crippen molar-refractivity contribution in [1.82, 2.24) is 24.8 Å². The van der Waals surface area contributed by atoms with Crippen LogP contribution in [0.1, 0.15) is 80.1 Å². The van der Waals surface area contributed by atoms with Crippen molar-refractivity contribution in [3.63, 3.8) is 0 Å². The van der Waals surface area contributed by atoms with E-state index in [4.69, 9.17) is 28.3 Å². The Balaban J connectivity index is 0.900. The van der Waals surface area contributed by atoms with Crippen molar-refractivity contribution in [2.24, 2.45) is 11.1 Å². The topological polar surface area (TPSA) is 360 Å². The predicted octanol–water partition coefficient (Wildman–Crippen LogP) is 1.63. The Labute approximate surface area is 423 Å². The molecule has 1 saturated heterocycles. The summed E-state index contributed by atoms with van der Waals surface area (Å²) in [6, 6.07) is 13.8. The number of carboxylic acid groups (broad SMARTS) is 1. The number of aliphatic hydroxyl groups excluding tert-OH is 3. The Morgan fingerprint density at radius 2 is 1.69 bits per heavy atom. The minimum Gasteiger partial charge on any atom is -0.479 e. The normalized spacial score (nSPS) is 24.4. The number of unbranched alkanes of at least 4 members (excludes halogenated alkanes) is 2. The smallest absolute Gasteiger partial charge is 0.479 e. The maximum atomic E-state index is 13.4. The summed E-state index contributed by atoms with van der Waals surface area (Å²) in [6.45, 7) is -0.728. The van der Waals surface area contributed by atoms with Crippen LogP contribution in [0.15, 0.2) is 73.2 Å². The fourth-order valence-electron chi connectivity index (χ4n) is 9.48. The number of amides is 4. The Bertz CT molecular complexity index is 2880. The molecule has 0 radical (unpaired) electrons. The number of carbonyl (C=O) groups excluding carboxylic acids is 5. The fourth-order valence-corrected chi connectivity index (χ4v) is 9.85. The molecule has 1 saturated carbocycles. The van der Waals surface area contributed by atoms with Gasteiger partial charge in [-0.15, -0.1) is 0 Å². The minimum atomic E-state index is -4.37. The first-order chi connectivity index (χ1) is 35.4. The van der Waals surface area contributed by atoms with E-state index in [-0.39, 0.29) is 79.2 Å². The molecule has 4 aromatic rings. The average Bonchev–Trinajstić information content (AvgIpc) is 4.16. The van der Waals surface area contributed by atoms with Crippen LogP contribution in [-0.4, -0.2) is 141 Å². The third-order valence-corrected chi connectivity index (χ3v) is 13.7.